The van der Waals surface area contributed by atoms with Crippen LogP contribution in [0.2, 0.25) is 0 Å². The van der Waals surface area contributed by atoms with Crippen LogP contribution in [0.3, 0.4) is 0 Å². The molecule has 6 heteroatoms. The molecule has 0 spiro atoms. The van der Waals surface area contributed by atoms with E-state index in [1.54, 1.807) is 22.8 Å². The monoisotopic (exact) mass is 1100 g/mol. The van der Waals surface area contributed by atoms with Crippen molar-refractivity contribution in [3.8, 4) is 50.9 Å². The van der Waals surface area contributed by atoms with E-state index in [2.05, 4.69) is 114 Å². The zero-order chi connectivity index (χ0) is 55.9. The van der Waals surface area contributed by atoms with Crippen molar-refractivity contribution in [2.45, 2.75) is 64.7 Å². The second-order valence-corrected chi connectivity index (χ2v) is 19.7. The van der Waals surface area contributed by atoms with Crippen LogP contribution in [0, 0.1) is 18.5 Å². The average Bonchev–Trinajstić information content (AvgIpc) is 4.15. The summed E-state index contributed by atoms with van der Waals surface area (Å²) in [6, 6.07) is 41.3. The quantitative estimate of drug-likeness (QED) is 0.118. The molecule has 0 aliphatic heterocycles. The van der Waals surface area contributed by atoms with Crippen LogP contribution in [0.25, 0.3) is 72.3 Å². The molecule has 0 unspecified atom stereocenters. The van der Waals surface area contributed by atoms with Gasteiger partial charge in [-0.15, -0.1) is 40.8 Å². The third-order valence-corrected chi connectivity index (χ3v) is 13.8. The number of nitrogens with zero attached hydrogens (tertiary/aromatic N) is 4. The number of hydrogen-bond acceptors (Lipinski definition) is 2. The minimum Gasteiger partial charge on any atom is -0.510 e. The Morgan fingerprint density at radius 1 is 0.614 bits per heavy atom. The van der Waals surface area contributed by atoms with Crippen LogP contribution in [-0.4, -0.2) is 14.1 Å². The van der Waals surface area contributed by atoms with Gasteiger partial charge in [-0.05, 0) is 84.5 Å². The van der Waals surface area contributed by atoms with E-state index in [0.29, 0.717) is 28.2 Å². The van der Waals surface area contributed by atoms with E-state index in [-0.39, 0.29) is 54.4 Å². The molecule has 5 nitrogen and oxygen atoms in total. The van der Waals surface area contributed by atoms with Gasteiger partial charge in [0.05, 0.1) is 30.4 Å². The molecule has 11 aromatic rings. The largest absolute Gasteiger partial charge is 0.510 e. The summed E-state index contributed by atoms with van der Waals surface area (Å²) in [5.74, 6) is 1.58. The molecule has 3 aromatic heterocycles. The van der Waals surface area contributed by atoms with E-state index in [0.717, 1.165) is 55.4 Å². The van der Waals surface area contributed by atoms with E-state index in [1.165, 1.54) is 0 Å². The molecule has 0 fully saturated rings. The summed E-state index contributed by atoms with van der Waals surface area (Å²) in [5, 5.41) is 2.02. The van der Waals surface area contributed by atoms with Gasteiger partial charge in [-0.3, -0.25) is 4.57 Å². The molecule has 0 amide bonds. The molecular weight excluding hydrogens is 1040 g/mol. The predicted octanol–water partition coefficient (Wildman–Crippen LogP) is 15.2. The number of aromatic nitrogens is 4. The predicted molar refractivity (Wildman–Crippen MR) is 280 cm³/mol. The van der Waals surface area contributed by atoms with Crippen molar-refractivity contribution in [2.75, 3.05) is 0 Å². The number of rotatable bonds is 7. The molecule has 0 bridgehead atoms. The maximum atomic E-state index is 9.23. The molecule has 0 atom stereocenters. The Bertz CT molecular complexity index is 4280. The molecular formula is C64H52N4OPt-2. The Balaban J connectivity index is 0.00000675. The van der Waals surface area contributed by atoms with E-state index < -0.39 is 71.3 Å². The number of para-hydroxylation sites is 4. The summed E-state index contributed by atoms with van der Waals surface area (Å²) in [5.41, 5.74) is 7.60. The Kier molecular flexibility index (Phi) is 8.45. The van der Waals surface area contributed by atoms with E-state index in [9.17, 15) is 5.48 Å². The summed E-state index contributed by atoms with van der Waals surface area (Å²) in [4.78, 5) is 4.89. The molecule has 346 valence electrons. The summed E-state index contributed by atoms with van der Waals surface area (Å²) in [6.07, 6.45) is 5.48. The maximum Gasteiger partial charge on any atom is 0.268 e. The van der Waals surface area contributed by atoms with Gasteiger partial charge in [-0.1, -0.05) is 199 Å². The van der Waals surface area contributed by atoms with Crippen molar-refractivity contribution < 1.29 is 44.1 Å². The van der Waals surface area contributed by atoms with Gasteiger partial charge in [-0.2, -0.15) is 6.07 Å². The molecule has 8 aromatic carbocycles. The summed E-state index contributed by atoms with van der Waals surface area (Å²) < 4.78 is 102. The van der Waals surface area contributed by atoms with Crippen molar-refractivity contribution in [1.29, 1.82) is 0 Å². The summed E-state index contributed by atoms with van der Waals surface area (Å²) >= 11 is 0. The van der Waals surface area contributed by atoms with Crippen LogP contribution in [0.1, 0.15) is 90.0 Å². The van der Waals surface area contributed by atoms with Gasteiger partial charge < -0.3 is 13.9 Å². The van der Waals surface area contributed by atoms with Gasteiger partial charge >= 0.3 is 0 Å². The Morgan fingerprint density at radius 3 is 1.93 bits per heavy atom. The molecule has 0 radical (unpaired) electrons. The fourth-order valence-corrected chi connectivity index (χ4v) is 10.4. The Morgan fingerprint density at radius 2 is 1.24 bits per heavy atom. The number of benzene rings is 8. The number of hydrogen-bond donors (Lipinski definition) is 0. The topological polar surface area (TPSA) is 35.9 Å². The third-order valence-electron chi connectivity index (χ3n) is 13.8. The second-order valence-electron chi connectivity index (χ2n) is 19.7. The van der Waals surface area contributed by atoms with Gasteiger partial charge in [0.2, 0.25) is 0 Å². The van der Waals surface area contributed by atoms with Gasteiger partial charge in [0, 0.05) is 44.3 Å². The zero-order valence-corrected chi connectivity index (χ0v) is 41.9. The van der Waals surface area contributed by atoms with Crippen LogP contribution in [0.5, 0.6) is 11.5 Å². The minimum absolute atomic E-state index is 0. The van der Waals surface area contributed by atoms with E-state index >= 15 is 0 Å². The zero-order valence-electron chi connectivity index (χ0n) is 49.6. The van der Waals surface area contributed by atoms with Crippen LogP contribution in [0.15, 0.2) is 188 Å². The molecule has 12 rings (SSSR count). The van der Waals surface area contributed by atoms with Crippen LogP contribution in [-0.2, 0) is 37.3 Å². The fraction of sp³-hybridized carbons (Fsp3) is 0.156. The van der Waals surface area contributed by atoms with Crippen molar-refractivity contribution in [3.63, 3.8) is 0 Å². The number of pyridine rings is 1. The van der Waals surface area contributed by atoms with E-state index in [4.69, 9.17) is 17.9 Å². The standard InChI is InChI=1S/C64H52N4O.Pt/c1-62(2,3)44-35-36-65-59(37-44)68-54-30-17-14-25-49(54)50-34-33-45(39-57(50)68)69-46-38-53-60(64(6,7)52-29-16-15-28-51(52)63(53,4)5)58(40-46)66-41-67(56-32-19-18-31-55(56)66)61-47(42-21-10-8-11-22-42)26-20-27-48(61)43-23-12-9-13-24-43;/h8-38H,1-7H3;/q-2;/i8D,9D,10D,11D,12D,13D,21D,22D,23D,24D;. The van der Waals surface area contributed by atoms with Crippen LogP contribution >= 0.6 is 0 Å². The molecule has 3 heterocycles. The first-order valence-corrected chi connectivity index (χ1v) is 23.1. The van der Waals surface area contributed by atoms with Crippen LogP contribution < -0.4 is 9.30 Å². The van der Waals surface area contributed by atoms with Gasteiger partial charge in [0.1, 0.15) is 5.82 Å². The first-order chi connectivity index (χ1) is 37.5. The Hall–Kier alpha value is -7.33. The summed E-state index contributed by atoms with van der Waals surface area (Å²) in [6.45, 7) is 15.3. The SMILES string of the molecule is [2H]c1c([2H])c([2H])c(-c2cccc(-c3c([2H])c([2H])c([2H])c([2H])c3[2H])c2-[n+]2[c-]n(-c3[c-]c(Oc4[c-]c5c(cc4)c4ccccc4n5-c4cc(C(C)(C)C)ccn4)cc4c3C(C)(C)c3ccccc3C4(C)C)c3ccccc32)c([2H])c1[2H].[Pt]. The number of imidazole rings is 1. The van der Waals surface area contributed by atoms with Crippen molar-refractivity contribution in [3.05, 3.63) is 234 Å². The normalized spacial score (nSPS) is 15.8. The molecule has 0 saturated carbocycles. The van der Waals surface area contributed by atoms with Gasteiger partial charge in [0.25, 0.3) is 6.33 Å². The van der Waals surface area contributed by atoms with Crippen LogP contribution in [0.4, 0.5) is 0 Å². The Labute approximate surface area is 439 Å². The molecule has 70 heavy (non-hydrogen) atoms. The maximum absolute atomic E-state index is 9.23. The molecule has 1 aliphatic carbocycles. The average molecular weight is 1100 g/mol. The first kappa shape index (κ1) is 34.9. The van der Waals surface area contributed by atoms with Gasteiger partial charge in [0.15, 0.2) is 0 Å². The number of fused-ring (bicyclic) bond motifs is 6. The fourth-order valence-electron chi connectivity index (χ4n) is 10.4. The third kappa shape index (κ3) is 7.24. The summed E-state index contributed by atoms with van der Waals surface area (Å²) in [7, 11) is 0. The van der Waals surface area contributed by atoms with E-state index in [1.807, 2.05) is 71.4 Å². The first-order valence-electron chi connectivity index (χ1n) is 28.1. The molecule has 0 N–H and O–H groups in total. The molecule has 0 saturated heterocycles. The second kappa shape index (κ2) is 17.0. The van der Waals surface area contributed by atoms with Crippen molar-refractivity contribution >= 4 is 32.8 Å². The molecule has 1 aliphatic rings. The van der Waals surface area contributed by atoms with Gasteiger partial charge in [-0.25, -0.2) is 4.98 Å². The minimum atomic E-state index is -0.653. The smallest absolute Gasteiger partial charge is 0.268 e. The number of ether oxygens (including phenoxy) is 1. The van der Waals surface area contributed by atoms with Crippen molar-refractivity contribution in [2.24, 2.45) is 0 Å². The van der Waals surface area contributed by atoms with Crippen molar-refractivity contribution in [1.82, 2.24) is 14.1 Å².